The van der Waals surface area contributed by atoms with Crippen LogP contribution in [-0.2, 0) is 16.1 Å². The van der Waals surface area contributed by atoms with Crippen LogP contribution in [0.25, 0.3) is 0 Å². The molecule has 1 atom stereocenters. The Bertz CT molecular complexity index is 913. The van der Waals surface area contributed by atoms with Crippen molar-refractivity contribution in [2.45, 2.75) is 19.5 Å². The van der Waals surface area contributed by atoms with Gasteiger partial charge in [0.1, 0.15) is 0 Å². The lowest BCUT2D eigenvalue weighted by Crippen LogP contribution is -2.47. The molecule has 0 aliphatic carbocycles. The fourth-order valence-electron chi connectivity index (χ4n) is 3.05. The minimum Gasteiger partial charge on any atom is -0.466 e. The summed E-state index contributed by atoms with van der Waals surface area (Å²) < 4.78 is 4.97. The van der Waals surface area contributed by atoms with Crippen LogP contribution < -0.4 is 5.32 Å². The third-order valence-electron chi connectivity index (χ3n) is 4.46. The lowest BCUT2D eigenvalue weighted by Gasteiger charge is -2.35. The number of hydrogen-bond acceptors (Lipinski definition) is 3. The van der Waals surface area contributed by atoms with Crippen LogP contribution in [0.15, 0.2) is 59.8 Å². The zero-order chi connectivity index (χ0) is 19.6. The number of esters is 1. The first-order chi connectivity index (χ1) is 12.9. The Kier molecular flexibility index (Phi) is 5.73. The van der Waals surface area contributed by atoms with Gasteiger partial charge in [-0.1, -0.05) is 59.6 Å². The highest BCUT2D eigenvalue weighted by Gasteiger charge is 2.36. The molecule has 0 aromatic heterocycles. The summed E-state index contributed by atoms with van der Waals surface area (Å²) in [4.78, 5) is 26.8. The number of nitrogens with one attached hydrogen (secondary N) is 1. The standard InChI is InChI=1S/C20H18Cl2N2O3/c1-12-17(19(25)27-2)18(14-8-9-15(21)16(22)10-14)23-20(26)24(12)11-13-6-4-3-5-7-13/h3-10,18H,11H2,1-2H3,(H,23,26)/t18-/m1/s1. The molecular formula is C20H18Cl2N2O3. The van der Waals surface area contributed by atoms with E-state index in [0.29, 0.717) is 33.4 Å². The van der Waals surface area contributed by atoms with Gasteiger partial charge in [-0.2, -0.15) is 0 Å². The van der Waals surface area contributed by atoms with Gasteiger partial charge >= 0.3 is 12.0 Å². The number of urea groups is 1. The molecule has 0 radical (unpaired) electrons. The average Bonchev–Trinajstić information content (AvgIpc) is 2.67. The van der Waals surface area contributed by atoms with Gasteiger partial charge in [0.15, 0.2) is 0 Å². The van der Waals surface area contributed by atoms with Crippen LogP contribution in [0, 0.1) is 0 Å². The van der Waals surface area contributed by atoms with E-state index in [1.54, 1.807) is 25.1 Å². The molecule has 1 aliphatic rings. The van der Waals surface area contributed by atoms with Gasteiger partial charge in [-0.05, 0) is 30.2 Å². The Morgan fingerprint density at radius 1 is 1.15 bits per heavy atom. The number of benzene rings is 2. The fraction of sp³-hybridized carbons (Fsp3) is 0.200. The first-order valence-corrected chi connectivity index (χ1v) is 9.04. The summed E-state index contributed by atoms with van der Waals surface area (Å²) in [6.45, 7) is 2.07. The number of nitrogens with zero attached hydrogens (tertiary/aromatic N) is 1. The molecule has 2 aromatic rings. The Hall–Kier alpha value is -2.50. The van der Waals surface area contributed by atoms with Crippen molar-refractivity contribution in [3.8, 4) is 0 Å². The molecule has 27 heavy (non-hydrogen) atoms. The molecule has 0 spiro atoms. The molecule has 5 nitrogen and oxygen atoms in total. The largest absolute Gasteiger partial charge is 0.466 e. The van der Waals surface area contributed by atoms with Gasteiger partial charge in [0.2, 0.25) is 0 Å². The number of carbonyl (C=O) groups is 2. The summed E-state index contributed by atoms with van der Waals surface area (Å²) in [5.74, 6) is -0.512. The Labute approximate surface area is 167 Å². The quantitative estimate of drug-likeness (QED) is 0.750. The highest BCUT2D eigenvalue weighted by molar-refractivity contribution is 6.42. The lowest BCUT2D eigenvalue weighted by molar-refractivity contribution is -0.136. The van der Waals surface area contributed by atoms with Crippen LogP contribution in [0.2, 0.25) is 10.0 Å². The molecule has 0 unspecified atom stereocenters. The molecule has 1 N–H and O–H groups in total. The summed E-state index contributed by atoms with van der Waals surface area (Å²) in [5.41, 5.74) is 2.48. The summed E-state index contributed by atoms with van der Waals surface area (Å²) in [5, 5.41) is 3.61. The molecule has 0 saturated carbocycles. The van der Waals surface area contributed by atoms with Gasteiger partial charge < -0.3 is 10.1 Å². The predicted octanol–water partition coefficient (Wildman–Crippen LogP) is 4.71. The van der Waals surface area contributed by atoms with E-state index in [2.05, 4.69) is 5.32 Å². The Balaban J connectivity index is 2.04. The summed E-state index contributed by atoms with van der Waals surface area (Å²) in [7, 11) is 1.31. The van der Waals surface area contributed by atoms with Crippen molar-refractivity contribution < 1.29 is 14.3 Å². The molecule has 1 heterocycles. The molecule has 1 aliphatic heterocycles. The van der Waals surface area contributed by atoms with Gasteiger partial charge in [-0.25, -0.2) is 9.59 Å². The van der Waals surface area contributed by atoms with E-state index in [1.165, 1.54) is 12.0 Å². The lowest BCUT2D eigenvalue weighted by atomic mass is 9.94. The van der Waals surface area contributed by atoms with Gasteiger partial charge in [0, 0.05) is 5.70 Å². The van der Waals surface area contributed by atoms with E-state index in [9.17, 15) is 9.59 Å². The van der Waals surface area contributed by atoms with Crippen molar-refractivity contribution in [3.63, 3.8) is 0 Å². The number of halogens is 2. The van der Waals surface area contributed by atoms with Crippen molar-refractivity contribution >= 4 is 35.2 Å². The fourth-order valence-corrected chi connectivity index (χ4v) is 3.36. The second-order valence-electron chi connectivity index (χ2n) is 6.12. The van der Waals surface area contributed by atoms with E-state index in [-0.39, 0.29) is 6.03 Å². The molecule has 0 fully saturated rings. The molecule has 0 bridgehead atoms. The van der Waals surface area contributed by atoms with E-state index in [4.69, 9.17) is 27.9 Å². The first-order valence-electron chi connectivity index (χ1n) is 8.28. The van der Waals surface area contributed by atoms with Crippen LogP contribution >= 0.6 is 23.2 Å². The SMILES string of the molecule is COC(=O)C1=C(C)N(Cc2ccccc2)C(=O)N[C@@H]1c1ccc(Cl)c(Cl)c1. The normalized spacial score (nSPS) is 17.0. The zero-order valence-corrected chi connectivity index (χ0v) is 16.3. The van der Waals surface area contributed by atoms with E-state index < -0.39 is 12.0 Å². The van der Waals surface area contributed by atoms with Crippen LogP contribution in [0.1, 0.15) is 24.1 Å². The van der Waals surface area contributed by atoms with Crippen molar-refractivity contribution in [2.75, 3.05) is 7.11 Å². The summed E-state index contributed by atoms with van der Waals surface area (Å²) in [6.07, 6.45) is 0. The Morgan fingerprint density at radius 3 is 2.48 bits per heavy atom. The maximum Gasteiger partial charge on any atom is 0.337 e. The van der Waals surface area contributed by atoms with Crippen molar-refractivity contribution in [1.82, 2.24) is 10.2 Å². The number of carbonyl (C=O) groups excluding carboxylic acids is 2. The molecule has 2 aromatic carbocycles. The van der Waals surface area contributed by atoms with Crippen LogP contribution in [-0.4, -0.2) is 24.0 Å². The van der Waals surface area contributed by atoms with E-state index >= 15 is 0 Å². The van der Waals surface area contributed by atoms with Gasteiger partial charge in [-0.3, -0.25) is 4.90 Å². The van der Waals surface area contributed by atoms with Gasteiger partial charge in [-0.15, -0.1) is 0 Å². The highest BCUT2D eigenvalue weighted by Crippen LogP contribution is 2.34. The topological polar surface area (TPSA) is 58.6 Å². The molecule has 3 rings (SSSR count). The average molecular weight is 405 g/mol. The smallest absolute Gasteiger partial charge is 0.337 e. The Morgan fingerprint density at radius 2 is 1.85 bits per heavy atom. The van der Waals surface area contributed by atoms with Crippen molar-refractivity contribution in [1.29, 1.82) is 0 Å². The molecular weight excluding hydrogens is 387 g/mol. The van der Waals surface area contributed by atoms with E-state index in [1.807, 2.05) is 30.3 Å². The number of amides is 2. The first kappa shape index (κ1) is 19.3. The van der Waals surface area contributed by atoms with Crippen LogP contribution in [0.3, 0.4) is 0 Å². The summed E-state index contributed by atoms with van der Waals surface area (Å²) in [6, 6.07) is 13.6. The monoisotopic (exact) mass is 404 g/mol. The molecule has 7 heteroatoms. The van der Waals surface area contributed by atoms with Crippen molar-refractivity contribution in [2.24, 2.45) is 0 Å². The van der Waals surface area contributed by atoms with Crippen molar-refractivity contribution in [3.05, 3.63) is 81.0 Å². The number of ether oxygens (including phenoxy) is 1. The van der Waals surface area contributed by atoms with Crippen LogP contribution in [0.5, 0.6) is 0 Å². The number of allylic oxidation sites excluding steroid dienone is 1. The maximum absolute atomic E-state index is 12.8. The predicted molar refractivity (Wildman–Crippen MR) is 104 cm³/mol. The van der Waals surface area contributed by atoms with Gasteiger partial charge in [0.25, 0.3) is 0 Å². The number of methoxy groups -OCH3 is 1. The summed E-state index contributed by atoms with van der Waals surface area (Å²) >= 11 is 12.1. The maximum atomic E-state index is 12.8. The van der Waals surface area contributed by atoms with E-state index in [0.717, 1.165) is 5.56 Å². The number of hydrogen-bond donors (Lipinski definition) is 1. The second kappa shape index (κ2) is 8.03. The van der Waals surface area contributed by atoms with Gasteiger partial charge in [0.05, 0.1) is 35.3 Å². The number of rotatable bonds is 4. The minimum absolute atomic E-state index is 0.305. The molecule has 2 amide bonds. The van der Waals surface area contributed by atoms with Crippen LogP contribution in [0.4, 0.5) is 4.79 Å². The molecule has 140 valence electrons. The third kappa shape index (κ3) is 3.94. The minimum atomic E-state index is -0.674. The zero-order valence-electron chi connectivity index (χ0n) is 14.8. The third-order valence-corrected chi connectivity index (χ3v) is 5.20. The second-order valence-corrected chi connectivity index (χ2v) is 6.93. The molecule has 0 saturated heterocycles. The highest BCUT2D eigenvalue weighted by atomic mass is 35.5.